The first kappa shape index (κ1) is 99.4. The summed E-state index contributed by atoms with van der Waals surface area (Å²) in [5.41, 5.74) is 0. The SMILES string of the molecule is CCCCCC/C=C\CCCCCCCCCC(=O)N[C@H]1[C@H](OC[C@H]2O[C@H](OP(=O)(O)O)[C@H](NC(=O)CC(=O)CCCCCCCCCCC)[C@@H](OCCCCCCCCCC)[C@@H]2O)O[C@H](COC)[C@@H](OP(=O)(O)O)[C@@H]1OCC[C@@H](CCCCCCC)OC.[Na].[Na].[Na].[Na]. The maximum absolute atomic E-state index is 14.1. The summed E-state index contributed by atoms with van der Waals surface area (Å²) in [5.74, 6) is -1.52. The predicted molar refractivity (Wildman–Crippen MR) is 370 cm³/mol. The van der Waals surface area contributed by atoms with Crippen molar-refractivity contribution in [2.45, 2.75) is 352 Å². The van der Waals surface area contributed by atoms with Gasteiger partial charge < -0.3 is 68.5 Å². The van der Waals surface area contributed by atoms with Gasteiger partial charge in [0.05, 0.1) is 25.7 Å². The quantitative estimate of drug-likeness (QED) is 0.00979. The van der Waals surface area contributed by atoms with Gasteiger partial charge in [-0.15, -0.1) is 0 Å². The molecule has 2 rings (SSSR count). The van der Waals surface area contributed by atoms with Crippen LogP contribution in [0.4, 0.5) is 0 Å². The second-order valence-corrected chi connectivity index (χ2v) is 27.2. The zero-order valence-electron chi connectivity index (χ0n) is 60.0. The van der Waals surface area contributed by atoms with Crippen molar-refractivity contribution < 1.29 is 90.4 Å². The Bertz CT molecular complexity index is 1920. The molecule has 0 aromatic carbocycles. The molecule has 7 N–H and O–H groups in total. The van der Waals surface area contributed by atoms with Gasteiger partial charge in [0.25, 0.3) is 0 Å². The van der Waals surface area contributed by atoms with Crippen molar-refractivity contribution in [3.63, 3.8) is 0 Å². The van der Waals surface area contributed by atoms with E-state index in [1.807, 2.05) is 0 Å². The van der Waals surface area contributed by atoms with Crippen LogP contribution in [0.3, 0.4) is 0 Å². The van der Waals surface area contributed by atoms with E-state index in [0.29, 0.717) is 25.7 Å². The van der Waals surface area contributed by atoms with Gasteiger partial charge in [0.2, 0.25) is 11.8 Å². The van der Waals surface area contributed by atoms with Gasteiger partial charge in [-0.3, -0.25) is 23.4 Å². The predicted octanol–water partition coefficient (Wildman–Crippen LogP) is 12.1. The number of ether oxygens (including phenoxy) is 7. The van der Waals surface area contributed by atoms with E-state index in [-0.39, 0.29) is 163 Å². The molecule has 2 fully saturated rings. The number of phosphoric ester groups is 2. The molecule has 0 saturated carbocycles. The third kappa shape index (κ3) is 50.3. The average molecular weight is 1410 g/mol. The number of phosphoric acid groups is 2. The van der Waals surface area contributed by atoms with Gasteiger partial charge in [0, 0.05) is 159 Å². The Labute approximate surface area is 650 Å². The van der Waals surface area contributed by atoms with E-state index in [2.05, 4.69) is 50.5 Å². The Hall–Kier alpha value is 2.25. The van der Waals surface area contributed by atoms with Crippen molar-refractivity contribution in [2.75, 3.05) is 40.6 Å². The summed E-state index contributed by atoms with van der Waals surface area (Å²) in [6, 6.07) is -2.84. The Balaban J connectivity index is -0.0000202. The Kier molecular flexibility index (Phi) is 68.3. The molecule has 0 unspecified atom stereocenters. The largest absolute Gasteiger partial charge is 0.472 e. The van der Waals surface area contributed by atoms with Crippen LogP contribution in [-0.2, 0) is 65.7 Å². The first-order chi connectivity index (χ1) is 42.9. The zero-order chi connectivity index (χ0) is 65.4. The number of carbonyl (C=O) groups excluding carboxylic acids is 3. The molecule has 2 heterocycles. The van der Waals surface area contributed by atoms with Crippen LogP contribution in [0.5, 0.6) is 0 Å². The minimum atomic E-state index is -5.39. The first-order valence-corrected chi connectivity index (χ1v) is 38.1. The molecule has 11 atom stereocenters. The summed E-state index contributed by atoms with van der Waals surface area (Å²) in [6.07, 6.45) is 29.6. The molecule has 21 nitrogen and oxygen atoms in total. The zero-order valence-corrected chi connectivity index (χ0v) is 69.8. The molecule has 2 aliphatic rings. The van der Waals surface area contributed by atoms with E-state index in [0.717, 1.165) is 161 Å². The minimum absolute atomic E-state index is 0. The van der Waals surface area contributed by atoms with Crippen LogP contribution < -0.4 is 10.6 Å². The Morgan fingerprint density at radius 3 is 1.40 bits per heavy atom. The molecular weight excluding hydrogens is 1280 g/mol. The average Bonchev–Trinajstić information content (AvgIpc) is 0.798. The van der Waals surface area contributed by atoms with Crippen LogP contribution in [-0.4, -0.2) is 269 Å². The number of ketones is 1. The smallest absolute Gasteiger partial charge is 0.388 e. The van der Waals surface area contributed by atoms with Crippen LogP contribution >= 0.6 is 15.6 Å². The normalized spacial score (nSPS) is 21.9. The number of hydrogen-bond donors (Lipinski definition) is 7. The number of allylic oxidation sites excluding steroid dienone is 2. The molecule has 0 aromatic heterocycles. The van der Waals surface area contributed by atoms with E-state index in [4.69, 9.17) is 42.2 Å². The van der Waals surface area contributed by atoms with E-state index < -0.39 is 102 Å². The number of unbranched alkanes of at least 4 members (excludes halogenated alkanes) is 30. The molecule has 2 amide bonds. The van der Waals surface area contributed by atoms with Crippen molar-refractivity contribution >= 4 is 151 Å². The molecule has 27 heteroatoms. The second kappa shape index (κ2) is 63.9. The summed E-state index contributed by atoms with van der Waals surface area (Å²) in [5, 5.41) is 17.9. The fourth-order valence-electron chi connectivity index (χ4n) is 11.7. The molecule has 4 radical (unpaired) electrons. The number of carbonyl (C=O) groups is 3. The number of Topliss-reactive ketones (excluding diaryl/α,β-unsaturated/α-hetero) is 1. The van der Waals surface area contributed by atoms with Crippen molar-refractivity contribution in [1.82, 2.24) is 10.6 Å². The molecule has 2 aliphatic heterocycles. The third-order valence-electron chi connectivity index (χ3n) is 16.8. The fourth-order valence-corrected chi connectivity index (χ4v) is 12.7. The van der Waals surface area contributed by atoms with Gasteiger partial charge in [0.15, 0.2) is 12.6 Å². The molecule has 0 spiro atoms. The molecule has 528 valence electrons. The van der Waals surface area contributed by atoms with E-state index in [9.17, 15) is 48.2 Å². The maximum Gasteiger partial charge on any atom is 0.472 e. The third-order valence-corrected chi connectivity index (χ3v) is 17.8. The van der Waals surface area contributed by atoms with Crippen LogP contribution in [0.15, 0.2) is 12.2 Å². The molecular formula is C66H126N2Na4O19P2. The summed E-state index contributed by atoms with van der Waals surface area (Å²) in [7, 11) is -7.69. The van der Waals surface area contributed by atoms with Crippen LogP contribution in [0, 0.1) is 0 Å². The number of rotatable bonds is 59. The number of methoxy groups -OCH3 is 2. The number of nitrogens with one attached hydrogen (secondary N) is 2. The minimum Gasteiger partial charge on any atom is -0.388 e. The number of aliphatic hydroxyl groups excluding tert-OH is 1. The van der Waals surface area contributed by atoms with Crippen molar-refractivity contribution in [1.29, 1.82) is 0 Å². The molecule has 0 bridgehead atoms. The maximum atomic E-state index is 14.1. The molecule has 0 aliphatic carbocycles. The first-order valence-electron chi connectivity index (χ1n) is 35.0. The van der Waals surface area contributed by atoms with Gasteiger partial charge in [-0.1, -0.05) is 220 Å². The second-order valence-electron chi connectivity index (χ2n) is 24.8. The van der Waals surface area contributed by atoms with Crippen LogP contribution in [0.2, 0.25) is 0 Å². The van der Waals surface area contributed by atoms with Crippen LogP contribution in [0.1, 0.15) is 285 Å². The summed E-state index contributed by atoms with van der Waals surface area (Å²) >= 11 is 0. The van der Waals surface area contributed by atoms with Gasteiger partial charge in [-0.25, -0.2) is 9.13 Å². The molecule has 93 heavy (non-hydrogen) atoms. The van der Waals surface area contributed by atoms with Crippen molar-refractivity contribution in [2.24, 2.45) is 0 Å². The van der Waals surface area contributed by atoms with Gasteiger partial charge >= 0.3 is 15.6 Å². The topological polar surface area (TPSA) is 294 Å². The summed E-state index contributed by atoms with van der Waals surface area (Å²) in [6.45, 7) is 7.91. The van der Waals surface area contributed by atoms with Gasteiger partial charge in [-0.05, 0) is 57.8 Å². The summed E-state index contributed by atoms with van der Waals surface area (Å²) < 4.78 is 79.3. The van der Waals surface area contributed by atoms with Crippen molar-refractivity contribution in [3.05, 3.63) is 12.2 Å². The van der Waals surface area contributed by atoms with Crippen molar-refractivity contribution in [3.8, 4) is 0 Å². The van der Waals surface area contributed by atoms with Gasteiger partial charge in [-0.2, -0.15) is 0 Å². The van der Waals surface area contributed by atoms with E-state index in [1.54, 1.807) is 7.11 Å². The summed E-state index contributed by atoms with van der Waals surface area (Å²) in [4.78, 5) is 82.2. The molecule has 0 aromatic rings. The molecule has 2 saturated heterocycles. The number of amides is 2. The number of aliphatic hydroxyl groups is 1. The van der Waals surface area contributed by atoms with Gasteiger partial charge in [0.1, 0.15) is 54.5 Å². The Morgan fingerprint density at radius 2 is 0.892 bits per heavy atom. The van der Waals surface area contributed by atoms with E-state index in [1.165, 1.54) is 58.5 Å². The van der Waals surface area contributed by atoms with Crippen LogP contribution in [0.25, 0.3) is 0 Å². The Morgan fingerprint density at radius 1 is 0.462 bits per heavy atom. The van der Waals surface area contributed by atoms with E-state index >= 15 is 0 Å². The number of hydrogen-bond acceptors (Lipinski definition) is 15. The monoisotopic (exact) mass is 1400 g/mol. The fraction of sp³-hybridized carbons (Fsp3) is 0.924. The standard InChI is InChI=1S/C66H126N2O19P2.4Na/c1-7-11-15-19-22-25-26-27-28-29-30-32-34-38-42-46-57(70)67-60-64(82-49-47-54(80-6)45-41-36-18-14-10-4)62(86-88(73,74)75)56(51-79-5)85-65(60)83-52-55-61(72)63(81-48-43-39-35-24-21-17-13-9-3)59(66(84-55)87-89(76,77)78)68-58(71)50-53(69)44-40-37-33-31-23-20-16-12-8-2;;;;/h25-26,54-56,59-66,72H,7-24,27-52H2,1-6H3,(H,67,70)(H,68,71)(H2,73,74,75)(H2,76,77,78);;;;/b26-25-;;;;/t54-,55-,56-,59-,60-,61-,62-,63-,64-,65-,66-;;;;/m1..../s1.